The molecule has 1 aliphatic heterocycles. The number of aliphatic hydroxyl groups is 2. The second kappa shape index (κ2) is 8.67. The van der Waals surface area contributed by atoms with Crippen LogP contribution in [0.4, 0.5) is 0 Å². The van der Waals surface area contributed by atoms with E-state index in [1.807, 2.05) is 4.98 Å². The van der Waals surface area contributed by atoms with Gasteiger partial charge in [0.1, 0.15) is 18.3 Å². The molecule has 163 valence electrons. The summed E-state index contributed by atoms with van der Waals surface area (Å²) in [6.45, 7) is -0.920. The maximum atomic E-state index is 11.9. The Kier molecular flexibility index (Phi) is 7.28. The number of H-pyrrole nitrogens is 1. The number of hydrogen-bond donors (Lipinski definition) is 6. The first-order chi connectivity index (χ1) is 13.1. The van der Waals surface area contributed by atoms with Crippen LogP contribution in [-0.4, -0.2) is 66.9 Å². The predicted octanol–water partition coefficient (Wildman–Crippen LogP) is -2.32. The first-order valence-corrected chi connectivity index (χ1v) is 11.9. The lowest BCUT2D eigenvalue weighted by atomic mass is 10.1. The van der Waals surface area contributed by atoms with Crippen LogP contribution in [0.3, 0.4) is 0 Å². The molecule has 1 fully saturated rings. The van der Waals surface area contributed by atoms with Crippen molar-refractivity contribution in [3.63, 3.8) is 0 Å². The molecule has 0 spiro atoms. The molecule has 29 heavy (non-hydrogen) atoms. The van der Waals surface area contributed by atoms with Gasteiger partial charge in [-0.3, -0.25) is 14.3 Å². The molecule has 1 aliphatic rings. The van der Waals surface area contributed by atoms with E-state index in [1.54, 1.807) is 0 Å². The third-order valence-corrected chi connectivity index (χ3v) is 7.23. The lowest BCUT2D eigenvalue weighted by molar-refractivity contribution is -0.0520. The molecule has 2 rings (SSSR count). The average Bonchev–Trinajstić information content (AvgIpc) is 2.78. The van der Waals surface area contributed by atoms with Gasteiger partial charge in [-0.05, 0) is 0 Å². The van der Waals surface area contributed by atoms with Crippen molar-refractivity contribution in [2.24, 2.45) is 0 Å². The van der Waals surface area contributed by atoms with E-state index in [2.05, 4.69) is 13.1 Å². The van der Waals surface area contributed by atoms with Crippen molar-refractivity contribution >= 4 is 30.7 Å². The number of aliphatic hydroxyl groups excluding tert-OH is 2. The van der Waals surface area contributed by atoms with Crippen LogP contribution < -0.4 is 11.2 Å². The summed E-state index contributed by atoms with van der Waals surface area (Å²) >= 11 is 0. The van der Waals surface area contributed by atoms with Crippen molar-refractivity contribution in [3.05, 3.63) is 33.1 Å². The van der Waals surface area contributed by atoms with Crippen molar-refractivity contribution in [1.29, 1.82) is 0 Å². The number of hydrogen-bond acceptors (Lipinski definition) is 11. The lowest BCUT2D eigenvalue weighted by Gasteiger charge is -2.29. The van der Waals surface area contributed by atoms with Gasteiger partial charge in [-0.1, -0.05) is 0 Å². The molecule has 20 heteroatoms. The molecular weight excluding hydrogens is 464 g/mol. The van der Waals surface area contributed by atoms with E-state index in [0.29, 0.717) is 0 Å². The summed E-state index contributed by atoms with van der Waals surface area (Å²) in [4.78, 5) is 50.8. The van der Waals surface area contributed by atoms with Gasteiger partial charge in [0.15, 0.2) is 6.23 Å². The van der Waals surface area contributed by atoms with Gasteiger partial charge in [-0.15, -0.1) is 0 Å². The molecular formula is C9H14BN2O14P3-. The van der Waals surface area contributed by atoms with E-state index in [4.69, 9.17) is 27.0 Å². The van der Waals surface area contributed by atoms with Gasteiger partial charge in [-0.2, -0.15) is 4.31 Å². The minimum absolute atomic E-state index is 0.730. The number of phosphoric acid groups is 2. The molecule has 0 bridgehead atoms. The van der Waals surface area contributed by atoms with Gasteiger partial charge in [0.2, 0.25) is 0 Å². The molecule has 6 atom stereocenters. The second-order valence-corrected chi connectivity index (χ2v) is 10.1. The summed E-state index contributed by atoms with van der Waals surface area (Å²) in [5, 5.41) is 20.0. The normalized spacial score (nSPS) is 29.3. The van der Waals surface area contributed by atoms with Crippen LogP contribution >= 0.6 is 23.1 Å². The smallest absolute Gasteiger partial charge is 0.443 e. The van der Waals surface area contributed by atoms with Crippen LogP contribution in [0.25, 0.3) is 0 Å². The Morgan fingerprint density at radius 3 is 2.31 bits per heavy atom. The van der Waals surface area contributed by atoms with Crippen LogP contribution in [0.15, 0.2) is 21.9 Å². The monoisotopic (exact) mass is 478 g/mol. The van der Waals surface area contributed by atoms with Gasteiger partial charge >= 0.3 is 21.3 Å². The maximum absolute atomic E-state index is 11.9. The zero-order valence-corrected chi connectivity index (χ0v) is 16.6. The molecule has 2 unspecified atom stereocenters. The Balaban J connectivity index is 2.06. The van der Waals surface area contributed by atoms with Gasteiger partial charge in [0.25, 0.3) is 5.56 Å². The fraction of sp³-hybridized carbons (Fsp3) is 0.556. The Morgan fingerprint density at radius 2 is 1.76 bits per heavy atom. The van der Waals surface area contributed by atoms with E-state index in [-0.39, 0.29) is 0 Å². The van der Waals surface area contributed by atoms with Crippen LogP contribution in [0, 0.1) is 0 Å². The second-order valence-electron chi connectivity index (χ2n) is 5.52. The molecule has 0 saturated carbocycles. The van der Waals surface area contributed by atoms with Crippen LogP contribution in [0.5, 0.6) is 0 Å². The minimum atomic E-state index is -5.60. The fourth-order valence-electron chi connectivity index (χ4n) is 2.22. The zero-order chi connectivity index (χ0) is 22.2. The van der Waals surface area contributed by atoms with Crippen molar-refractivity contribution in [2.45, 2.75) is 24.5 Å². The summed E-state index contributed by atoms with van der Waals surface area (Å²) in [5.41, 5.74) is -1.70. The summed E-state index contributed by atoms with van der Waals surface area (Å²) in [5.74, 6) is 0. The van der Waals surface area contributed by atoms with E-state index in [0.717, 1.165) is 16.8 Å². The van der Waals surface area contributed by atoms with Gasteiger partial charge in [0, 0.05) is 12.3 Å². The summed E-state index contributed by atoms with van der Waals surface area (Å²) in [6.07, 6.45) is -5.46. The Labute approximate surface area is 161 Å². The zero-order valence-electron chi connectivity index (χ0n) is 13.9. The quantitative estimate of drug-likeness (QED) is 0.170. The van der Waals surface area contributed by atoms with Crippen molar-refractivity contribution in [1.82, 2.24) is 9.55 Å². The van der Waals surface area contributed by atoms with E-state index < -0.39 is 65.5 Å². The largest absolute Gasteiger partial charge is 0.485 e. The van der Waals surface area contributed by atoms with Crippen molar-refractivity contribution in [3.8, 4) is 0 Å². The predicted molar refractivity (Wildman–Crippen MR) is 90.6 cm³/mol. The molecule has 1 saturated heterocycles. The van der Waals surface area contributed by atoms with Crippen LogP contribution in [0.2, 0.25) is 0 Å². The number of aromatic nitrogens is 2. The van der Waals surface area contributed by atoms with Crippen molar-refractivity contribution in [2.75, 3.05) is 6.61 Å². The van der Waals surface area contributed by atoms with E-state index in [1.165, 1.54) is 0 Å². The standard InChI is InChI=1S/C9H14BN2O14P3/c10-27(17,25-29(21,22)26-28(18,19)20)23-3-4-6(14)7(15)8(24-4)12-2-1-5(13)11-9(12)16/h1-2,4,6-8,14-15H,3H2,(H,21,22)(H,11,13,16)(H2,18,19,20)/q-1/t4-,6-,7-,8-,27?/m1/s1. The first-order valence-electron chi connectivity index (χ1n) is 7.27. The molecule has 0 aromatic carbocycles. The Bertz CT molecular complexity index is 1000. The highest BCUT2D eigenvalue weighted by Gasteiger charge is 2.44. The fourth-order valence-corrected chi connectivity index (χ4v) is 5.38. The molecule has 0 aliphatic carbocycles. The SMILES string of the molecule is [B-]P(=O)(OC[C@H]1O[C@@H](n2ccc(=O)[nH]c2=O)[C@H](O)[C@@H]1O)OP(=O)(O)OP(=O)(O)O. The highest BCUT2D eigenvalue weighted by Crippen LogP contribution is 2.66. The number of ether oxygens (including phenoxy) is 1. The highest BCUT2D eigenvalue weighted by molar-refractivity contribution is 7.84. The Hall–Kier alpha value is -0.925. The van der Waals surface area contributed by atoms with E-state index >= 15 is 0 Å². The Morgan fingerprint density at radius 1 is 1.14 bits per heavy atom. The summed E-state index contributed by atoms with van der Waals surface area (Å²) in [6, 6.07) is 0.940. The minimum Gasteiger partial charge on any atom is -0.443 e. The van der Waals surface area contributed by atoms with E-state index in [9.17, 15) is 33.5 Å². The maximum Gasteiger partial charge on any atom is 0.485 e. The molecule has 3 radical (unpaired) electrons. The topological polar surface area (TPSA) is 244 Å². The lowest BCUT2D eigenvalue weighted by Crippen LogP contribution is -2.37. The number of aromatic amines is 1. The molecule has 6 N–H and O–H groups in total. The molecule has 16 nitrogen and oxygen atoms in total. The molecule has 1 aromatic heterocycles. The van der Waals surface area contributed by atoms with Crippen LogP contribution in [0.1, 0.15) is 6.23 Å². The van der Waals surface area contributed by atoms with Crippen molar-refractivity contribution < 1.29 is 56.5 Å². The van der Waals surface area contributed by atoms with Crippen LogP contribution in [-0.2, 0) is 31.6 Å². The highest BCUT2D eigenvalue weighted by atomic mass is 31.3. The number of rotatable bonds is 8. The summed E-state index contributed by atoms with van der Waals surface area (Å²) in [7, 11) is -11.1. The molecule has 1 aromatic rings. The van der Waals surface area contributed by atoms with Gasteiger partial charge < -0.3 is 46.3 Å². The summed E-state index contributed by atoms with van der Waals surface area (Å²) < 4.78 is 51.5. The first kappa shape index (κ1) is 24.3. The van der Waals surface area contributed by atoms with Gasteiger partial charge in [0.05, 0.1) is 14.1 Å². The third-order valence-electron chi connectivity index (χ3n) is 3.31. The number of nitrogens with one attached hydrogen (secondary N) is 1. The average molecular weight is 478 g/mol. The molecule has 0 amide bonds. The number of nitrogens with zero attached hydrogens (tertiary/aromatic N) is 1. The molecule has 2 heterocycles. The van der Waals surface area contributed by atoms with Gasteiger partial charge in [-0.25, -0.2) is 18.2 Å². The third kappa shape index (κ3) is 6.79.